The summed E-state index contributed by atoms with van der Waals surface area (Å²) in [6, 6.07) is 3.74. The molecule has 82 valence electrons. The smallest absolute Gasteiger partial charge is 0.315 e. The van der Waals surface area contributed by atoms with E-state index < -0.39 is 11.4 Å². The van der Waals surface area contributed by atoms with E-state index in [0.717, 1.165) is 21.2 Å². The van der Waals surface area contributed by atoms with Crippen molar-refractivity contribution in [2.24, 2.45) is 0 Å². The largest absolute Gasteiger partial charge is 0.481 e. The topological polar surface area (TPSA) is 66.0 Å². The van der Waals surface area contributed by atoms with Gasteiger partial charge in [0.1, 0.15) is 5.41 Å². The van der Waals surface area contributed by atoms with E-state index >= 15 is 0 Å². The lowest BCUT2D eigenvalue weighted by Crippen LogP contribution is -2.19. The molecule has 1 aliphatic rings. The summed E-state index contributed by atoms with van der Waals surface area (Å²) in [6.45, 7) is 0. The van der Waals surface area contributed by atoms with E-state index in [1.54, 1.807) is 6.20 Å². The SMILES string of the molecule is O=C(O)C1(c2cc3ncc(Br)cc3[nH]2)CC1. The number of aromatic amines is 1. The molecule has 1 fully saturated rings. The molecule has 1 saturated carbocycles. The molecule has 4 nitrogen and oxygen atoms in total. The molecule has 0 bridgehead atoms. The zero-order valence-corrected chi connectivity index (χ0v) is 9.91. The Labute approximate surface area is 99.8 Å². The Kier molecular flexibility index (Phi) is 1.89. The molecule has 1 aliphatic carbocycles. The molecular weight excluding hydrogens is 272 g/mol. The van der Waals surface area contributed by atoms with Gasteiger partial charge in [-0.2, -0.15) is 0 Å². The molecule has 16 heavy (non-hydrogen) atoms. The summed E-state index contributed by atoms with van der Waals surface area (Å²) in [7, 11) is 0. The molecule has 2 N–H and O–H groups in total. The first-order valence-electron chi connectivity index (χ1n) is 5.00. The molecule has 2 heterocycles. The number of nitrogens with one attached hydrogen (secondary N) is 1. The second-order valence-corrected chi connectivity index (χ2v) is 5.07. The van der Waals surface area contributed by atoms with Crippen LogP contribution in [0.15, 0.2) is 22.8 Å². The van der Waals surface area contributed by atoms with Crippen molar-refractivity contribution in [1.29, 1.82) is 0 Å². The number of H-pyrrole nitrogens is 1. The van der Waals surface area contributed by atoms with Gasteiger partial charge < -0.3 is 10.1 Å². The molecule has 2 aromatic rings. The number of hydrogen-bond donors (Lipinski definition) is 2. The molecule has 0 spiro atoms. The van der Waals surface area contributed by atoms with Crippen LogP contribution in [0.4, 0.5) is 0 Å². The summed E-state index contributed by atoms with van der Waals surface area (Å²) in [5.41, 5.74) is 1.76. The maximum atomic E-state index is 11.2. The zero-order chi connectivity index (χ0) is 11.3. The van der Waals surface area contributed by atoms with Crippen LogP contribution in [0.5, 0.6) is 0 Å². The molecule has 0 aliphatic heterocycles. The average molecular weight is 281 g/mol. The van der Waals surface area contributed by atoms with Crippen LogP contribution >= 0.6 is 15.9 Å². The van der Waals surface area contributed by atoms with Gasteiger partial charge in [-0.25, -0.2) is 0 Å². The molecular formula is C11H9BrN2O2. The third kappa shape index (κ3) is 1.28. The van der Waals surface area contributed by atoms with Gasteiger partial charge in [0.25, 0.3) is 0 Å². The number of halogens is 1. The van der Waals surface area contributed by atoms with Crippen LogP contribution in [-0.4, -0.2) is 21.0 Å². The second-order valence-electron chi connectivity index (χ2n) is 4.16. The van der Waals surface area contributed by atoms with Gasteiger partial charge in [0, 0.05) is 16.4 Å². The first-order chi connectivity index (χ1) is 7.62. The first kappa shape index (κ1) is 9.84. The monoisotopic (exact) mass is 280 g/mol. The van der Waals surface area contributed by atoms with Gasteiger partial charge in [-0.15, -0.1) is 0 Å². The Hall–Kier alpha value is -1.36. The fourth-order valence-electron chi connectivity index (χ4n) is 1.96. The summed E-state index contributed by atoms with van der Waals surface area (Å²) in [5, 5.41) is 9.19. The van der Waals surface area contributed by atoms with Crippen LogP contribution in [0.25, 0.3) is 11.0 Å². The molecule has 0 radical (unpaired) electrons. The average Bonchev–Trinajstić information content (AvgIpc) is 2.94. The number of rotatable bonds is 2. The number of carboxylic acids is 1. The molecule has 0 atom stereocenters. The Morgan fingerprint density at radius 1 is 1.50 bits per heavy atom. The third-order valence-corrected chi connectivity index (χ3v) is 3.54. The van der Waals surface area contributed by atoms with Crippen molar-refractivity contribution in [1.82, 2.24) is 9.97 Å². The van der Waals surface area contributed by atoms with Gasteiger partial charge in [-0.05, 0) is 40.9 Å². The summed E-state index contributed by atoms with van der Waals surface area (Å²) >= 11 is 3.34. The number of nitrogens with zero attached hydrogens (tertiary/aromatic N) is 1. The molecule has 2 aromatic heterocycles. The standard InChI is InChI=1S/C11H9BrN2O2/c12-6-3-8-7(13-5-6)4-9(14-8)11(1-2-11)10(15)16/h3-5,14H,1-2H2,(H,15,16). The number of aliphatic carboxylic acids is 1. The van der Waals surface area contributed by atoms with Crippen LogP contribution in [-0.2, 0) is 10.2 Å². The van der Waals surface area contributed by atoms with Crippen molar-refractivity contribution < 1.29 is 9.90 Å². The molecule has 0 unspecified atom stereocenters. The second kappa shape index (κ2) is 3.07. The first-order valence-corrected chi connectivity index (χ1v) is 5.79. The number of carboxylic acid groups (broad SMARTS) is 1. The van der Waals surface area contributed by atoms with Crippen molar-refractivity contribution in [2.45, 2.75) is 18.3 Å². The summed E-state index contributed by atoms with van der Waals surface area (Å²) in [6.07, 6.45) is 3.12. The highest BCUT2D eigenvalue weighted by atomic mass is 79.9. The van der Waals surface area contributed by atoms with Gasteiger partial charge in [0.2, 0.25) is 0 Å². The maximum Gasteiger partial charge on any atom is 0.315 e. The highest BCUT2D eigenvalue weighted by molar-refractivity contribution is 9.10. The third-order valence-electron chi connectivity index (χ3n) is 3.11. The summed E-state index contributed by atoms with van der Waals surface area (Å²) < 4.78 is 0.883. The van der Waals surface area contributed by atoms with Gasteiger partial charge in [0.15, 0.2) is 0 Å². The zero-order valence-electron chi connectivity index (χ0n) is 8.33. The van der Waals surface area contributed by atoms with E-state index in [4.69, 9.17) is 0 Å². The predicted octanol–water partition coefficient (Wildman–Crippen LogP) is 2.44. The van der Waals surface area contributed by atoms with Crippen molar-refractivity contribution in [3.05, 3.63) is 28.5 Å². The lowest BCUT2D eigenvalue weighted by atomic mass is 10.0. The lowest BCUT2D eigenvalue weighted by Gasteiger charge is -2.05. The molecule has 0 amide bonds. The van der Waals surface area contributed by atoms with Crippen LogP contribution in [0.3, 0.4) is 0 Å². The Bertz CT molecular complexity index is 587. The van der Waals surface area contributed by atoms with E-state index in [2.05, 4.69) is 25.9 Å². The van der Waals surface area contributed by atoms with Gasteiger partial charge in [-0.3, -0.25) is 9.78 Å². The van der Waals surface area contributed by atoms with Crippen molar-refractivity contribution in [2.75, 3.05) is 0 Å². The van der Waals surface area contributed by atoms with Crippen molar-refractivity contribution in [3.63, 3.8) is 0 Å². The van der Waals surface area contributed by atoms with Crippen LogP contribution in [0.1, 0.15) is 18.5 Å². The quantitative estimate of drug-likeness (QED) is 0.888. The van der Waals surface area contributed by atoms with Crippen LogP contribution in [0.2, 0.25) is 0 Å². The van der Waals surface area contributed by atoms with Crippen LogP contribution < -0.4 is 0 Å². The summed E-state index contributed by atoms with van der Waals surface area (Å²) in [5.74, 6) is -0.752. The highest BCUT2D eigenvalue weighted by Crippen LogP contribution is 2.48. The van der Waals surface area contributed by atoms with E-state index in [1.165, 1.54) is 0 Å². The van der Waals surface area contributed by atoms with Gasteiger partial charge in [-0.1, -0.05) is 0 Å². The van der Waals surface area contributed by atoms with E-state index in [1.807, 2.05) is 12.1 Å². The number of fused-ring (bicyclic) bond motifs is 1. The minimum absolute atomic E-state index is 0.687. The van der Waals surface area contributed by atoms with E-state index in [-0.39, 0.29) is 0 Å². The predicted molar refractivity (Wildman–Crippen MR) is 62.3 cm³/mol. The Morgan fingerprint density at radius 3 is 2.88 bits per heavy atom. The fourth-order valence-corrected chi connectivity index (χ4v) is 2.30. The Balaban J connectivity index is 2.16. The fraction of sp³-hybridized carbons (Fsp3) is 0.273. The number of hydrogen-bond acceptors (Lipinski definition) is 2. The van der Waals surface area contributed by atoms with Gasteiger partial charge in [0.05, 0.1) is 11.0 Å². The van der Waals surface area contributed by atoms with E-state index in [0.29, 0.717) is 12.8 Å². The minimum atomic E-state index is -0.752. The number of pyridine rings is 1. The molecule has 5 heteroatoms. The van der Waals surface area contributed by atoms with Crippen LogP contribution in [0, 0.1) is 0 Å². The highest BCUT2D eigenvalue weighted by Gasteiger charge is 2.53. The summed E-state index contributed by atoms with van der Waals surface area (Å²) in [4.78, 5) is 18.6. The number of aromatic nitrogens is 2. The number of carbonyl (C=O) groups is 1. The van der Waals surface area contributed by atoms with Gasteiger partial charge >= 0.3 is 5.97 Å². The maximum absolute atomic E-state index is 11.2. The Morgan fingerprint density at radius 2 is 2.25 bits per heavy atom. The van der Waals surface area contributed by atoms with Crippen molar-refractivity contribution >= 4 is 32.9 Å². The molecule has 0 aromatic carbocycles. The lowest BCUT2D eigenvalue weighted by molar-refractivity contribution is -0.140. The molecule has 0 saturated heterocycles. The minimum Gasteiger partial charge on any atom is -0.481 e. The normalized spacial score (nSPS) is 17.6. The van der Waals surface area contributed by atoms with Crippen molar-refractivity contribution in [3.8, 4) is 0 Å². The van der Waals surface area contributed by atoms with E-state index in [9.17, 15) is 9.90 Å². The molecule has 3 rings (SSSR count).